The highest BCUT2D eigenvalue weighted by Crippen LogP contribution is 2.46. The number of fused-ring (bicyclic) bond motifs is 1. The molecule has 0 bridgehead atoms. The molecule has 3 atom stereocenters. The van der Waals surface area contributed by atoms with Gasteiger partial charge < -0.3 is 38.3 Å². The quantitative estimate of drug-likeness (QED) is 0.116. The molecule has 10 heteroatoms. The van der Waals surface area contributed by atoms with Crippen molar-refractivity contribution >= 4 is 20.1 Å². The van der Waals surface area contributed by atoms with Crippen LogP contribution in [-0.2, 0) is 38.5 Å². The second-order valence-electron chi connectivity index (χ2n) is 15.2. The van der Waals surface area contributed by atoms with Crippen LogP contribution < -0.4 is 9.64 Å². The number of carbonyl (C=O) groups excluding carboxylic acids is 1. The number of hydrogen-bond acceptors (Lipinski definition) is 8. The highest BCUT2D eigenvalue weighted by atomic mass is 28.4. The summed E-state index contributed by atoms with van der Waals surface area (Å²) in [6.07, 6.45) is -0.147. The molecule has 284 valence electrons. The number of carbonyl (C=O) groups is 1. The van der Waals surface area contributed by atoms with E-state index in [-0.39, 0.29) is 37.4 Å². The Morgan fingerprint density at radius 3 is 2.19 bits per heavy atom. The van der Waals surface area contributed by atoms with Gasteiger partial charge in [-0.05, 0) is 57.4 Å². The Bertz CT molecular complexity index is 1530. The Morgan fingerprint density at radius 2 is 1.54 bits per heavy atom. The number of amides is 1. The molecule has 2 heterocycles. The Kier molecular flexibility index (Phi) is 14.2. The molecule has 5 rings (SSSR count). The summed E-state index contributed by atoms with van der Waals surface area (Å²) in [7, 11) is -0.666. The molecule has 0 spiro atoms. The molecule has 3 aromatic rings. The van der Waals surface area contributed by atoms with Crippen LogP contribution >= 0.6 is 0 Å². The van der Waals surface area contributed by atoms with Crippen molar-refractivity contribution in [2.75, 3.05) is 51.4 Å². The minimum atomic E-state index is -2.40. The van der Waals surface area contributed by atoms with Crippen LogP contribution in [0.2, 0.25) is 16.6 Å². The van der Waals surface area contributed by atoms with Crippen molar-refractivity contribution in [1.29, 1.82) is 0 Å². The number of aliphatic hydroxyl groups excluding tert-OH is 1. The largest absolute Gasteiger partial charge is 0.490 e. The van der Waals surface area contributed by atoms with Gasteiger partial charge in [-0.25, -0.2) is 4.79 Å². The summed E-state index contributed by atoms with van der Waals surface area (Å²) in [4.78, 5) is 18.0. The van der Waals surface area contributed by atoms with E-state index in [1.165, 1.54) is 0 Å². The Hall–Kier alpha value is -3.41. The fraction of sp³-hybridized carbons (Fsp3) is 0.548. The second kappa shape index (κ2) is 18.6. The molecule has 1 N–H and O–H groups in total. The van der Waals surface area contributed by atoms with Gasteiger partial charge in [-0.1, -0.05) is 102 Å². The number of ether oxygens (including phenoxy) is 4. The van der Waals surface area contributed by atoms with Crippen molar-refractivity contribution in [3.8, 4) is 5.75 Å². The normalized spacial score (nSPS) is 19.2. The molecular formula is C42H60N2O7Si. The van der Waals surface area contributed by atoms with E-state index in [0.717, 1.165) is 53.2 Å². The van der Waals surface area contributed by atoms with Crippen molar-refractivity contribution in [3.05, 3.63) is 95.1 Å². The van der Waals surface area contributed by atoms with Crippen molar-refractivity contribution in [1.82, 2.24) is 4.90 Å². The summed E-state index contributed by atoms with van der Waals surface area (Å²) in [5.74, 6) is 0.727. The maximum atomic E-state index is 13.9. The van der Waals surface area contributed by atoms with Gasteiger partial charge in [0.05, 0.1) is 44.2 Å². The molecule has 0 saturated carbocycles. The number of nitrogens with zero attached hydrogens (tertiary/aromatic N) is 2. The first kappa shape index (κ1) is 39.8. The minimum absolute atomic E-state index is 0.0273. The third-order valence-corrected chi connectivity index (χ3v) is 17.0. The lowest BCUT2D eigenvalue weighted by molar-refractivity contribution is -0.0663. The van der Waals surface area contributed by atoms with E-state index < -0.39 is 8.32 Å². The number of piperidine rings is 1. The predicted molar refractivity (Wildman–Crippen MR) is 208 cm³/mol. The summed E-state index contributed by atoms with van der Waals surface area (Å²) in [5.41, 5.74) is 6.03. The number of aliphatic hydroxyl groups is 1. The third-order valence-electron chi connectivity index (χ3n) is 10.9. The number of anilines is 1. The lowest BCUT2D eigenvalue weighted by atomic mass is 9.84. The van der Waals surface area contributed by atoms with E-state index >= 15 is 0 Å². The van der Waals surface area contributed by atoms with E-state index in [9.17, 15) is 9.90 Å². The summed E-state index contributed by atoms with van der Waals surface area (Å²) < 4.78 is 31.8. The smallest absolute Gasteiger partial charge is 0.410 e. The third kappa shape index (κ3) is 9.38. The summed E-state index contributed by atoms with van der Waals surface area (Å²) in [5, 5.41) is 9.86. The van der Waals surface area contributed by atoms with Crippen LogP contribution in [0.3, 0.4) is 0 Å². The number of rotatable bonds is 16. The fourth-order valence-corrected chi connectivity index (χ4v) is 14.0. The SMILES string of the molecule is COCCCN1CCOc2ccc(COC3CN(C(=O)OCc4ccccc4)CC(O[Si](C(C)C)(C(C)C)C(C)C)C3c3ccc(CO)cc3)cc21. The highest BCUT2D eigenvalue weighted by molar-refractivity contribution is 6.77. The van der Waals surface area contributed by atoms with Gasteiger partial charge in [0.2, 0.25) is 8.32 Å². The maximum absolute atomic E-state index is 13.9. The van der Waals surface area contributed by atoms with Crippen LogP contribution in [0.25, 0.3) is 0 Å². The average Bonchev–Trinajstić information content (AvgIpc) is 3.15. The van der Waals surface area contributed by atoms with Crippen molar-refractivity contribution in [3.63, 3.8) is 0 Å². The lowest BCUT2D eigenvalue weighted by Crippen LogP contribution is -2.59. The molecule has 3 aromatic carbocycles. The zero-order valence-electron chi connectivity index (χ0n) is 32.3. The molecule has 2 aliphatic heterocycles. The molecule has 0 aliphatic carbocycles. The first-order valence-electron chi connectivity index (χ1n) is 19.0. The van der Waals surface area contributed by atoms with Gasteiger partial charge in [0.25, 0.3) is 0 Å². The summed E-state index contributed by atoms with van der Waals surface area (Å²) in [6, 6.07) is 24.2. The van der Waals surface area contributed by atoms with Crippen LogP contribution in [-0.4, -0.2) is 83.1 Å². The molecule has 1 saturated heterocycles. The molecule has 1 fully saturated rings. The van der Waals surface area contributed by atoms with Crippen LogP contribution in [0.1, 0.15) is 76.1 Å². The second-order valence-corrected chi connectivity index (χ2v) is 20.6. The lowest BCUT2D eigenvalue weighted by Gasteiger charge is -2.50. The topological polar surface area (TPSA) is 89.9 Å². The molecular weight excluding hydrogens is 673 g/mol. The first-order valence-corrected chi connectivity index (χ1v) is 21.2. The van der Waals surface area contributed by atoms with Crippen molar-refractivity contribution in [2.45, 2.75) is 103 Å². The van der Waals surface area contributed by atoms with Crippen LogP contribution in [0, 0.1) is 0 Å². The molecule has 0 aromatic heterocycles. The van der Waals surface area contributed by atoms with Gasteiger partial charge >= 0.3 is 6.09 Å². The van der Waals surface area contributed by atoms with E-state index in [1.807, 2.05) is 48.5 Å². The maximum Gasteiger partial charge on any atom is 0.410 e. The summed E-state index contributed by atoms with van der Waals surface area (Å²) >= 11 is 0. The van der Waals surface area contributed by atoms with Gasteiger partial charge in [0, 0.05) is 32.7 Å². The van der Waals surface area contributed by atoms with E-state index in [4.69, 9.17) is 23.4 Å². The molecule has 0 radical (unpaired) electrons. The highest BCUT2D eigenvalue weighted by Gasteiger charge is 2.51. The van der Waals surface area contributed by atoms with Crippen molar-refractivity contribution < 1.29 is 33.3 Å². The van der Waals surface area contributed by atoms with Gasteiger partial charge in [0.1, 0.15) is 19.0 Å². The van der Waals surface area contributed by atoms with Crippen LogP contribution in [0.5, 0.6) is 5.75 Å². The fourth-order valence-electron chi connectivity index (χ4n) is 8.39. The number of methoxy groups -OCH3 is 1. The zero-order valence-corrected chi connectivity index (χ0v) is 33.3. The number of likely N-dealkylation sites (tertiary alicyclic amines) is 1. The van der Waals surface area contributed by atoms with Gasteiger partial charge in [-0.15, -0.1) is 0 Å². The van der Waals surface area contributed by atoms with Gasteiger partial charge in [-0.2, -0.15) is 0 Å². The van der Waals surface area contributed by atoms with Gasteiger partial charge in [0.15, 0.2) is 0 Å². The first-order chi connectivity index (χ1) is 25.1. The zero-order chi connectivity index (χ0) is 37.3. The van der Waals surface area contributed by atoms with Crippen LogP contribution in [0.15, 0.2) is 72.8 Å². The Morgan fingerprint density at radius 1 is 0.865 bits per heavy atom. The van der Waals surface area contributed by atoms with E-state index in [0.29, 0.717) is 49.5 Å². The molecule has 1 amide bonds. The van der Waals surface area contributed by atoms with Gasteiger partial charge in [-0.3, -0.25) is 0 Å². The molecule has 9 nitrogen and oxygen atoms in total. The number of hydrogen-bond donors (Lipinski definition) is 1. The standard InChI is InChI=1S/C42H60N2O7Si/c1-30(2)52(31(3)4,32(5)6)51-40-26-44(42(46)50-28-34-12-9-8-10-13-34)25-39(41(40)36-17-14-33(27-45)15-18-36)49-29-35-16-19-38-37(24-35)43(21-23-48-38)20-11-22-47-7/h8-10,12-19,24,30-32,39-41,45H,11,20-23,25-29H2,1-7H3. The predicted octanol–water partition coefficient (Wildman–Crippen LogP) is 8.30. The minimum Gasteiger partial charge on any atom is -0.490 e. The monoisotopic (exact) mass is 732 g/mol. The van der Waals surface area contributed by atoms with Crippen molar-refractivity contribution in [2.24, 2.45) is 0 Å². The average molecular weight is 733 g/mol. The van der Waals surface area contributed by atoms with E-state index in [2.05, 4.69) is 70.7 Å². The van der Waals surface area contributed by atoms with E-state index in [1.54, 1.807) is 12.0 Å². The summed E-state index contributed by atoms with van der Waals surface area (Å²) in [6.45, 7) is 18.1. The number of benzene rings is 3. The van der Waals surface area contributed by atoms with Crippen LogP contribution in [0.4, 0.5) is 10.5 Å². The Balaban J connectivity index is 1.49. The molecule has 2 aliphatic rings. The Labute approximate surface area is 312 Å². The molecule has 3 unspecified atom stereocenters. The molecule has 52 heavy (non-hydrogen) atoms.